The zero-order valence-corrected chi connectivity index (χ0v) is 9.50. The van der Waals surface area contributed by atoms with Gasteiger partial charge in [-0.1, -0.05) is 12.1 Å². The number of para-hydroxylation sites is 1. The zero-order valence-electron chi connectivity index (χ0n) is 9.50. The fraction of sp³-hybridized carbons (Fsp3) is 0.462. The van der Waals surface area contributed by atoms with E-state index in [1.54, 1.807) is 12.1 Å². The number of hydrogen-bond acceptors (Lipinski definition) is 3. The third-order valence-electron chi connectivity index (χ3n) is 3.72. The van der Waals surface area contributed by atoms with E-state index >= 15 is 0 Å². The SMILES string of the molecule is O=C(O)c1ccccc1N1C[C@H]2COC[C@@H]2C1. The Morgan fingerprint density at radius 2 is 1.88 bits per heavy atom. The molecule has 1 aromatic carbocycles. The fourth-order valence-electron chi connectivity index (χ4n) is 2.81. The number of rotatable bonds is 2. The van der Waals surface area contributed by atoms with Gasteiger partial charge in [-0.3, -0.25) is 0 Å². The van der Waals surface area contributed by atoms with E-state index in [9.17, 15) is 9.90 Å². The molecule has 2 aliphatic rings. The molecule has 17 heavy (non-hydrogen) atoms. The first-order valence-corrected chi connectivity index (χ1v) is 5.90. The van der Waals surface area contributed by atoms with Gasteiger partial charge < -0.3 is 14.7 Å². The molecule has 90 valence electrons. The summed E-state index contributed by atoms with van der Waals surface area (Å²) in [5.41, 5.74) is 1.24. The number of nitrogens with zero attached hydrogens (tertiary/aromatic N) is 1. The number of hydrogen-bond donors (Lipinski definition) is 1. The summed E-state index contributed by atoms with van der Waals surface area (Å²) in [4.78, 5) is 13.4. The van der Waals surface area contributed by atoms with Crippen molar-refractivity contribution >= 4 is 11.7 Å². The molecule has 1 aromatic rings. The van der Waals surface area contributed by atoms with E-state index in [0.29, 0.717) is 17.4 Å². The Morgan fingerprint density at radius 1 is 1.24 bits per heavy atom. The van der Waals surface area contributed by atoms with Crippen molar-refractivity contribution in [2.24, 2.45) is 11.8 Å². The summed E-state index contributed by atoms with van der Waals surface area (Å²) in [7, 11) is 0. The van der Waals surface area contributed by atoms with Crippen LogP contribution in [0, 0.1) is 11.8 Å². The second kappa shape index (κ2) is 4.04. The molecular weight excluding hydrogens is 218 g/mol. The minimum Gasteiger partial charge on any atom is -0.478 e. The van der Waals surface area contributed by atoms with Crippen molar-refractivity contribution in [3.63, 3.8) is 0 Å². The van der Waals surface area contributed by atoms with Gasteiger partial charge in [-0.2, -0.15) is 0 Å². The van der Waals surface area contributed by atoms with Gasteiger partial charge in [0.05, 0.1) is 24.5 Å². The Balaban J connectivity index is 1.88. The second-order valence-electron chi connectivity index (χ2n) is 4.78. The Labute approximate surface area is 99.8 Å². The summed E-state index contributed by atoms with van der Waals surface area (Å²) < 4.78 is 5.43. The minimum atomic E-state index is -0.853. The molecule has 0 aliphatic carbocycles. The number of ether oxygens (including phenoxy) is 1. The third-order valence-corrected chi connectivity index (χ3v) is 3.72. The van der Waals surface area contributed by atoms with E-state index in [2.05, 4.69) is 4.90 Å². The van der Waals surface area contributed by atoms with Gasteiger partial charge in [-0.25, -0.2) is 4.79 Å². The maximum absolute atomic E-state index is 11.2. The van der Waals surface area contributed by atoms with Crippen LogP contribution in [0.3, 0.4) is 0 Å². The van der Waals surface area contributed by atoms with Crippen LogP contribution in [0.25, 0.3) is 0 Å². The van der Waals surface area contributed by atoms with Crippen molar-refractivity contribution < 1.29 is 14.6 Å². The largest absolute Gasteiger partial charge is 0.478 e. The van der Waals surface area contributed by atoms with Crippen molar-refractivity contribution in [1.82, 2.24) is 0 Å². The molecule has 4 heteroatoms. The number of carboxylic acid groups (broad SMARTS) is 1. The van der Waals surface area contributed by atoms with Crippen molar-refractivity contribution in [1.29, 1.82) is 0 Å². The summed E-state index contributed by atoms with van der Waals surface area (Å²) in [6, 6.07) is 7.23. The van der Waals surface area contributed by atoms with Crippen LogP contribution < -0.4 is 4.90 Å². The average molecular weight is 233 g/mol. The van der Waals surface area contributed by atoms with Crippen molar-refractivity contribution in [3.8, 4) is 0 Å². The lowest BCUT2D eigenvalue weighted by Gasteiger charge is -2.21. The van der Waals surface area contributed by atoms with Crippen molar-refractivity contribution in [3.05, 3.63) is 29.8 Å². The van der Waals surface area contributed by atoms with Crippen LogP contribution in [0.1, 0.15) is 10.4 Å². The number of fused-ring (bicyclic) bond motifs is 1. The van der Waals surface area contributed by atoms with Crippen molar-refractivity contribution in [2.75, 3.05) is 31.2 Å². The molecule has 2 saturated heterocycles. The first kappa shape index (κ1) is 10.6. The Kier molecular flexibility index (Phi) is 2.52. The Bertz CT molecular complexity index is 434. The molecule has 1 N–H and O–H groups in total. The molecule has 4 nitrogen and oxygen atoms in total. The number of aromatic carboxylic acids is 1. The standard InChI is InChI=1S/C13H15NO3/c15-13(16)11-3-1-2-4-12(11)14-5-9-7-17-8-10(9)6-14/h1-4,9-10H,5-8H2,(H,15,16)/t9-,10-/m0/s1. The van der Waals surface area contributed by atoms with Gasteiger partial charge in [0, 0.05) is 24.9 Å². The summed E-state index contributed by atoms with van der Waals surface area (Å²) >= 11 is 0. The lowest BCUT2D eigenvalue weighted by molar-refractivity contribution is 0.0697. The topological polar surface area (TPSA) is 49.8 Å². The zero-order chi connectivity index (χ0) is 11.8. The van der Waals surface area contributed by atoms with Gasteiger partial charge in [0.15, 0.2) is 0 Å². The number of carboxylic acids is 1. The molecule has 0 radical (unpaired) electrons. The number of benzene rings is 1. The van der Waals surface area contributed by atoms with E-state index < -0.39 is 5.97 Å². The van der Waals surface area contributed by atoms with Crippen LogP contribution in [0.2, 0.25) is 0 Å². The molecule has 0 unspecified atom stereocenters. The van der Waals surface area contributed by atoms with Crippen molar-refractivity contribution in [2.45, 2.75) is 0 Å². The molecule has 2 heterocycles. The van der Waals surface area contributed by atoms with Gasteiger partial charge in [-0.15, -0.1) is 0 Å². The molecular formula is C13H15NO3. The van der Waals surface area contributed by atoms with Gasteiger partial charge >= 0.3 is 5.97 Å². The monoisotopic (exact) mass is 233 g/mol. The quantitative estimate of drug-likeness (QED) is 0.840. The lowest BCUT2D eigenvalue weighted by Crippen LogP contribution is -2.24. The molecule has 3 rings (SSSR count). The predicted octanol–water partition coefficient (Wildman–Crippen LogP) is 1.47. The summed E-state index contributed by atoms with van der Waals surface area (Å²) in [6.45, 7) is 3.46. The fourth-order valence-corrected chi connectivity index (χ4v) is 2.81. The van der Waals surface area contributed by atoms with Gasteiger partial charge in [0.1, 0.15) is 0 Å². The van der Waals surface area contributed by atoms with Gasteiger partial charge in [0.25, 0.3) is 0 Å². The summed E-state index contributed by atoms with van der Waals surface area (Å²) in [5, 5.41) is 9.18. The molecule has 0 amide bonds. The van der Waals surface area contributed by atoms with E-state index in [1.165, 1.54) is 0 Å². The molecule has 0 saturated carbocycles. The molecule has 2 aliphatic heterocycles. The van der Waals surface area contributed by atoms with Gasteiger partial charge in [0.2, 0.25) is 0 Å². The average Bonchev–Trinajstić information content (AvgIpc) is 2.88. The summed E-state index contributed by atoms with van der Waals surface area (Å²) in [5.74, 6) is 0.280. The third kappa shape index (κ3) is 1.78. The van der Waals surface area contributed by atoms with Crippen LogP contribution in [-0.4, -0.2) is 37.4 Å². The van der Waals surface area contributed by atoms with Crippen LogP contribution in [0.4, 0.5) is 5.69 Å². The van der Waals surface area contributed by atoms with E-state index in [0.717, 1.165) is 32.0 Å². The first-order chi connectivity index (χ1) is 8.25. The maximum Gasteiger partial charge on any atom is 0.337 e. The molecule has 2 atom stereocenters. The van der Waals surface area contributed by atoms with E-state index in [4.69, 9.17) is 4.74 Å². The minimum absolute atomic E-state index is 0.397. The molecule has 0 spiro atoms. The van der Waals surface area contributed by atoms with E-state index in [-0.39, 0.29) is 0 Å². The molecule has 2 fully saturated rings. The predicted molar refractivity (Wildman–Crippen MR) is 63.4 cm³/mol. The highest BCUT2D eigenvalue weighted by Crippen LogP contribution is 2.33. The molecule has 0 bridgehead atoms. The lowest BCUT2D eigenvalue weighted by atomic mass is 10.0. The van der Waals surface area contributed by atoms with E-state index in [1.807, 2.05) is 12.1 Å². The highest BCUT2D eigenvalue weighted by atomic mass is 16.5. The molecule has 0 aromatic heterocycles. The normalized spacial score (nSPS) is 27.2. The highest BCUT2D eigenvalue weighted by molar-refractivity contribution is 5.94. The van der Waals surface area contributed by atoms with Crippen LogP contribution in [0.15, 0.2) is 24.3 Å². The second-order valence-corrected chi connectivity index (χ2v) is 4.78. The van der Waals surface area contributed by atoms with Gasteiger partial charge in [-0.05, 0) is 12.1 Å². The maximum atomic E-state index is 11.2. The first-order valence-electron chi connectivity index (χ1n) is 5.90. The number of carbonyl (C=O) groups is 1. The van der Waals surface area contributed by atoms with Crippen LogP contribution in [0.5, 0.6) is 0 Å². The summed E-state index contributed by atoms with van der Waals surface area (Å²) in [6.07, 6.45) is 0. The Morgan fingerprint density at radius 3 is 2.53 bits per heavy atom. The smallest absolute Gasteiger partial charge is 0.337 e. The number of anilines is 1. The highest BCUT2D eigenvalue weighted by Gasteiger charge is 2.37. The van der Waals surface area contributed by atoms with Crippen LogP contribution >= 0.6 is 0 Å². The van der Waals surface area contributed by atoms with Crippen LogP contribution in [-0.2, 0) is 4.74 Å². The Hall–Kier alpha value is -1.55.